The van der Waals surface area contributed by atoms with E-state index in [9.17, 15) is 62.1 Å². The number of hydrogen-bond donors (Lipinski definition) is 6. The predicted octanol–water partition coefficient (Wildman–Crippen LogP) is 7.39. The van der Waals surface area contributed by atoms with Gasteiger partial charge in [0.25, 0.3) is 40.5 Å². The average molecular weight is 968 g/mol. The second kappa shape index (κ2) is 17.1. The molecule has 0 aliphatic rings. The van der Waals surface area contributed by atoms with Crippen molar-refractivity contribution in [3.8, 4) is 11.5 Å². The van der Waals surface area contributed by atoms with Crippen LogP contribution in [0.15, 0.2) is 137 Å². The van der Waals surface area contributed by atoms with Gasteiger partial charge in [-0.25, -0.2) is 0 Å². The Bertz CT molecular complexity index is 2970. The first kappa shape index (κ1) is 45.8. The first-order valence-corrected chi connectivity index (χ1v) is 21.1. The summed E-state index contributed by atoms with van der Waals surface area (Å²) in [5.74, 6) is -0.748. The molecule has 0 unspecified atom stereocenters. The summed E-state index contributed by atoms with van der Waals surface area (Å²) in [4.78, 5) is -2.21. The molecule has 0 spiro atoms. The molecule has 6 N–H and O–H groups in total. The molecule has 2 radical (unpaired) electrons. The van der Waals surface area contributed by atoms with Gasteiger partial charge in [0.2, 0.25) is 0 Å². The molecule has 18 nitrogen and oxygen atoms in total. The molecular formula is C34H24Cu2N4O14S4+4. The van der Waals surface area contributed by atoms with Gasteiger partial charge in [-0.2, -0.15) is 43.9 Å². The van der Waals surface area contributed by atoms with Crippen LogP contribution in [-0.4, -0.2) is 62.1 Å². The third-order valence-corrected chi connectivity index (χ3v) is 11.5. The molecular weight excluding hydrogens is 944 g/mol. The Morgan fingerprint density at radius 2 is 0.776 bits per heavy atom. The predicted molar refractivity (Wildman–Crippen MR) is 201 cm³/mol. The number of hydrogen-bond acceptors (Lipinski definition) is 14. The summed E-state index contributed by atoms with van der Waals surface area (Å²) in [6, 6.07) is 18.9. The van der Waals surface area contributed by atoms with Gasteiger partial charge in [0.15, 0.2) is 0 Å². The summed E-state index contributed by atoms with van der Waals surface area (Å²) in [5, 5.41) is 37.6. The van der Waals surface area contributed by atoms with Gasteiger partial charge in [0, 0.05) is 10.8 Å². The number of phenols is 2. The van der Waals surface area contributed by atoms with E-state index in [4.69, 9.17) is 0 Å². The van der Waals surface area contributed by atoms with Crippen LogP contribution in [0.3, 0.4) is 0 Å². The molecule has 58 heavy (non-hydrogen) atoms. The van der Waals surface area contributed by atoms with Crippen molar-refractivity contribution in [2.24, 2.45) is 20.5 Å². The maximum atomic E-state index is 12.4. The van der Waals surface area contributed by atoms with Gasteiger partial charge >= 0.3 is 34.1 Å². The van der Waals surface area contributed by atoms with Crippen LogP contribution in [0.1, 0.15) is 11.1 Å². The zero-order valence-corrected chi connectivity index (χ0v) is 33.5. The molecule has 6 rings (SSSR count). The van der Waals surface area contributed by atoms with Crippen LogP contribution >= 0.6 is 0 Å². The first-order chi connectivity index (χ1) is 26.1. The molecule has 0 aliphatic carbocycles. The van der Waals surface area contributed by atoms with Gasteiger partial charge in [0.05, 0.1) is 21.2 Å². The topological polar surface area (TPSA) is 307 Å². The zero-order valence-electron chi connectivity index (χ0n) is 28.4. The van der Waals surface area contributed by atoms with Crippen LogP contribution in [0.5, 0.6) is 11.5 Å². The summed E-state index contributed by atoms with van der Waals surface area (Å²) in [5.41, 5.74) is -0.858. The molecule has 0 fully saturated rings. The maximum absolute atomic E-state index is 12.4. The maximum Gasteiger partial charge on any atom is 2.00 e. The summed E-state index contributed by atoms with van der Waals surface area (Å²) >= 11 is 0. The van der Waals surface area contributed by atoms with Crippen molar-refractivity contribution in [2.75, 3.05) is 0 Å². The minimum Gasteiger partial charge on any atom is -0.506 e. The smallest absolute Gasteiger partial charge is 0.506 e. The standard InChI is InChI=1S/C34H24N4O14S4.2Cu/c39-29-13-5-21-15-25(53(41,42)43)9-11-27(21)33(29)37-35-23-7-3-19(31(17-23)55(47,48)49)1-2-20-4-8-24(18-32(20)56(50,51)52)36-38-34-28-12-10-26(54(44,45)46)16-22(28)6-14-30(34)40;;/h1-18,39-40H,(H,41,42,43)(H,44,45,46)(H,47,48,49)(H,50,51,52);;/q;2*+2/b2-1+,37-35?,38-36?;;. The molecule has 0 amide bonds. The molecule has 0 saturated heterocycles. The third-order valence-electron chi connectivity index (χ3n) is 8.00. The van der Waals surface area contributed by atoms with E-state index in [1.165, 1.54) is 60.7 Å². The van der Waals surface area contributed by atoms with Crippen LogP contribution in [0.25, 0.3) is 33.7 Å². The summed E-state index contributed by atoms with van der Waals surface area (Å²) < 4.78 is 134. The SMILES string of the molecule is O=S(=O)(O)c1ccc2c(N=Nc3ccc(/C=C/c4ccc(N=Nc5c(O)ccc6cc(S(=O)(=O)O)ccc56)cc4S(=O)(=O)O)c(S(=O)(=O)O)c3)c(O)ccc2c1.[Cu+2].[Cu+2]. The van der Waals surface area contributed by atoms with E-state index in [1.54, 1.807) is 0 Å². The Balaban J connectivity index is 0.00000372. The van der Waals surface area contributed by atoms with E-state index >= 15 is 0 Å². The number of aromatic hydroxyl groups is 2. The van der Waals surface area contributed by atoms with Crippen molar-refractivity contribution in [1.82, 2.24) is 0 Å². The van der Waals surface area contributed by atoms with E-state index in [0.29, 0.717) is 0 Å². The van der Waals surface area contributed by atoms with Crippen molar-refractivity contribution in [3.05, 3.63) is 108 Å². The second-order valence-electron chi connectivity index (χ2n) is 11.7. The molecule has 24 heteroatoms. The minimum atomic E-state index is -4.95. The first-order valence-electron chi connectivity index (χ1n) is 15.3. The fourth-order valence-electron chi connectivity index (χ4n) is 5.38. The zero-order chi connectivity index (χ0) is 40.8. The van der Waals surface area contributed by atoms with Crippen LogP contribution in [0, 0.1) is 0 Å². The van der Waals surface area contributed by atoms with Crippen molar-refractivity contribution < 1.29 is 96.2 Å². The quantitative estimate of drug-likeness (QED) is 0.0338. The molecule has 0 atom stereocenters. The van der Waals surface area contributed by atoms with Crippen LogP contribution in [0.2, 0.25) is 0 Å². The van der Waals surface area contributed by atoms with Gasteiger partial charge < -0.3 is 10.2 Å². The number of azo groups is 2. The van der Waals surface area contributed by atoms with E-state index in [1.807, 2.05) is 0 Å². The number of fused-ring (bicyclic) bond motifs is 2. The third kappa shape index (κ3) is 10.2. The fraction of sp³-hybridized carbons (Fsp3) is 0. The van der Waals surface area contributed by atoms with Gasteiger partial charge in [-0.15, -0.1) is 10.2 Å². The molecule has 0 aliphatic heterocycles. The van der Waals surface area contributed by atoms with Crippen LogP contribution < -0.4 is 0 Å². The van der Waals surface area contributed by atoms with E-state index in [2.05, 4.69) is 20.5 Å². The van der Waals surface area contributed by atoms with Gasteiger partial charge in [0.1, 0.15) is 32.7 Å². The van der Waals surface area contributed by atoms with Crippen molar-refractivity contribution >= 4 is 96.9 Å². The van der Waals surface area contributed by atoms with Gasteiger partial charge in [-0.1, -0.05) is 48.6 Å². The number of nitrogens with zero attached hydrogens (tertiary/aromatic N) is 4. The largest absolute Gasteiger partial charge is 2.00 e. The van der Waals surface area contributed by atoms with Crippen molar-refractivity contribution in [3.63, 3.8) is 0 Å². The van der Waals surface area contributed by atoms with E-state index in [0.717, 1.165) is 48.6 Å². The summed E-state index contributed by atoms with van der Waals surface area (Å²) in [6.07, 6.45) is 2.24. The Kier molecular flexibility index (Phi) is 13.5. The Morgan fingerprint density at radius 3 is 1.10 bits per heavy atom. The molecule has 0 bridgehead atoms. The molecule has 0 saturated carbocycles. The minimum absolute atomic E-state index is 0. The average Bonchev–Trinajstić information content (AvgIpc) is 3.11. The monoisotopic (exact) mass is 966 g/mol. The molecule has 306 valence electrons. The van der Waals surface area contributed by atoms with Crippen molar-refractivity contribution in [2.45, 2.75) is 19.6 Å². The van der Waals surface area contributed by atoms with Crippen LogP contribution in [0.4, 0.5) is 22.7 Å². The van der Waals surface area contributed by atoms with E-state index in [-0.39, 0.29) is 101 Å². The van der Waals surface area contributed by atoms with Crippen LogP contribution in [-0.2, 0) is 74.6 Å². The second-order valence-corrected chi connectivity index (χ2v) is 17.3. The normalized spacial score (nSPS) is 12.7. The van der Waals surface area contributed by atoms with Gasteiger partial charge in [-0.3, -0.25) is 18.2 Å². The number of phenolic OH excluding ortho intramolecular Hbond substituents is 2. The molecule has 0 heterocycles. The summed E-state index contributed by atoms with van der Waals surface area (Å²) in [6.45, 7) is 0. The number of benzene rings is 6. The molecule has 6 aromatic rings. The van der Waals surface area contributed by atoms with Crippen molar-refractivity contribution in [1.29, 1.82) is 0 Å². The van der Waals surface area contributed by atoms with E-state index < -0.39 is 60.1 Å². The van der Waals surface area contributed by atoms with Gasteiger partial charge in [-0.05, 0) is 82.6 Å². The summed E-state index contributed by atoms with van der Waals surface area (Å²) in [7, 11) is -19.0. The Labute approximate surface area is 350 Å². The Hall–Kier alpha value is -4.94. The number of rotatable bonds is 10. The molecule has 6 aromatic carbocycles. The fourth-order valence-corrected chi connectivity index (χ4v) is 7.82. The Morgan fingerprint density at radius 1 is 0.414 bits per heavy atom. The molecule has 0 aromatic heterocycles.